The Morgan fingerprint density at radius 3 is 2.50 bits per heavy atom. The number of allylic oxidation sites excluding steroid dienone is 2. The molecule has 0 aromatic heterocycles. The number of hydrogen-bond donors (Lipinski definition) is 0. The molecule has 0 saturated carbocycles. The first-order chi connectivity index (χ1) is 4.58. The molecule has 1 rings (SSSR count). The summed E-state index contributed by atoms with van der Waals surface area (Å²) in [6.45, 7) is 0. The predicted molar refractivity (Wildman–Crippen MR) is 45.9 cm³/mol. The third kappa shape index (κ3) is 1.39. The van der Waals surface area contributed by atoms with Crippen molar-refractivity contribution in [1.82, 2.24) is 0 Å². The Bertz CT molecular complexity index is 198. The van der Waals surface area contributed by atoms with Crippen molar-refractivity contribution in [2.45, 2.75) is 10.8 Å². The van der Waals surface area contributed by atoms with Crippen LogP contribution in [-0.2, 0) is 4.79 Å². The maximum atomic E-state index is 10.9. The topological polar surface area (TPSA) is 17.1 Å². The molecule has 0 unspecified atom stereocenters. The Labute approximate surface area is 77.5 Å². The fourth-order valence-corrected chi connectivity index (χ4v) is 1.71. The molecule has 0 spiro atoms. The molecule has 10 heavy (non-hydrogen) atoms. The Balaban J connectivity index is 2.63. The van der Waals surface area contributed by atoms with Gasteiger partial charge in [0.2, 0.25) is 0 Å². The summed E-state index contributed by atoms with van der Waals surface area (Å²) in [6.07, 6.45) is 2.29. The number of Topliss-reactive ketones (excluding diaryl/α,β-unsaturated/α-hetero) is 1. The minimum Gasteiger partial charge on any atom is -0.291 e. The van der Waals surface area contributed by atoms with Crippen molar-refractivity contribution in [1.29, 1.82) is 0 Å². The molecule has 4 heteroatoms. The Kier molecular flexibility index (Phi) is 2.43. The first-order valence-electron chi connectivity index (χ1n) is 2.78. The van der Waals surface area contributed by atoms with Crippen LogP contribution in [0.3, 0.4) is 0 Å². The quantitative estimate of drug-likeness (QED) is 0.681. The lowest BCUT2D eigenvalue weighted by molar-refractivity contribution is -0.116. The molecule has 0 aromatic rings. The Hall–Kier alpha value is 0.470. The Morgan fingerprint density at radius 1 is 1.60 bits per heavy atom. The van der Waals surface area contributed by atoms with E-state index in [1.807, 2.05) is 0 Å². The second-order valence-electron chi connectivity index (χ2n) is 2.06. The summed E-state index contributed by atoms with van der Waals surface area (Å²) < 4.78 is -1.22. The predicted octanol–water partition coefficient (Wildman–Crippen LogP) is 2.45. The summed E-state index contributed by atoms with van der Waals surface area (Å²) in [5, 5.41) is 0.772. The average Bonchev–Trinajstić information content (AvgIpc) is 1.87. The van der Waals surface area contributed by atoms with E-state index in [2.05, 4.69) is 15.9 Å². The van der Waals surface area contributed by atoms with E-state index in [0.717, 1.165) is 10.9 Å². The van der Waals surface area contributed by atoms with Gasteiger partial charge in [0.15, 0.2) is 10.1 Å². The van der Waals surface area contributed by atoms with Gasteiger partial charge in [-0.25, -0.2) is 0 Å². The van der Waals surface area contributed by atoms with Crippen molar-refractivity contribution in [2.24, 2.45) is 0 Å². The zero-order valence-corrected chi connectivity index (χ0v) is 8.13. The van der Waals surface area contributed by atoms with E-state index in [1.165, 1.54) is 0 Å². The summed E-state index contributed by atoms with van der Waals surface area (Å²) in [7, 11) is 0. The fraction of sp³-hybridized carbons (Fsp3) is 0.500. The number of carbonyl (C=O) groups is 1. The molecule has 0 amide bonds. The van der Waals surface area contributed by atoms with Gasteiger partial charge in [0.05, 0.1) is 0 Å². The molecule has 56 valence electrons. The Morgan fingerprint density at radius 2 is 2.20 bits per heavy atom. The number of alkyl halides is 3. The van der Waals surface area contributed by atoms with E-state index >= 15 is 0 Å². The van der Waals surface area contributed by atoms with Crippen LogP contribution in [0.15, 0.2) is 11.6 Å². The highest BCUT2D eigenvalue weighted by molar-refractivity contribution is 9.09. The van der Waals surface area contributed by atoms with Crippen LogP contribution in [0.5, 0.6) is 0 Å². The third-order valence-electron chi connectivity index (χ3n) is 1.31. The highest BCUT2D eigenvalue weighted by atomic mass is 79.9. The summed E-state index contributed by atoms with van der Waals surface area (Å²) in [5.74, 6) is -0.157. The molecule has 0 saturated heterocycles. The zero-order valence-electron chi connectivity index (χ0n) is 5.03. The van der Waals surface area contributed by atoms with Crippen LogP contribution in [-0.4, -0.2) is 15.4 Å². The summed E-state index contributed by atoms with van der Waals surface area (Å²) in [6, 6.07) is 0. The molecule has 0 radical (unpaired) electrons. The van der Waals surface area contributed by atoms with Gasteiger partial charge in [-0.1, -0.05) is 39.1 Å². The molecule has 0 atom stereocenters. The number of rotatable bonds is 2. The highest BCUT2D eigenvalue weighted by Gasteiger charge is 2.42. The minimum atomic E-state index is -1.22. The summed E-state index contributed by atoms with van der Waals surface area (Å²) in [5.41, 5.74) is 0.724. The maximum Gasteiger partial charge on any atom is 0.198 e. The van der Waals surface area contributed by atoms with Crippen LogP contribution in [0.4, 0.5) is 0 Å². The summed E-state index contributed by atoms with van der Waals surface area (Å²) >= 11 is 14.2. The second-order valence-corrected chi connectivity index (χ2v) is 4.24. The molecule has 0 N–H and O–H groups in total. The number of carbonyl (C=O) groups excluding carboxylic acids is 1. The molecule has 1 nitrogen and oxygen atoms in total. The van der Waals surface area contributed by atoms with Crippen molar-refractivity contribution in [2.75, 3.05) is 5.33 Å². The third-order valence-corrected chi connectivity index (χ3v) is 2.27. The van der Waals surface area contributed by atoms with Crippen LogP contribution in [0, 0.1) is 0 Å². The van der Waals surface area contributed by atoms with E-state index in [0.29, 0.717) is 6.42 Å². The normalized spacial score (nSPS) is 21.9. The van der Waals surface area contributed by atoms with Gasteiger partial charge < -0.3 is 0 Å². The molecule has 1 aliphatic rings. The van der Waals surface area contributed by atoms with Crippen molar-refractivity contribution >= 4 is 44.9 Å². The smallest absolute Gasteiger partial charge is 0.198 e. The first-order valence-corrected chi connectivity index (χ1v) is 4.66. The van der Waals surface area contributed by atoms with Gasteiger partial charge in [0, 0.05) is 5.33 Å². The molecule has 0 heterocycles. The van der Waals surface area contributed by atoms with Crippen molar-refractivity contribution in [3.63, 3.8) is 0 Å². The van der Waals surface area contributed by atoms with E-state index in [9.17, 15) is 4.79 Å². The van der Waals surface area contributed by atoms with Gasteiger partial charge in [-0.3, -0.25) is 4.79 Å². The zero-order chi connectivity index (χ0) is 7.78. The SMILES string of the molecule is O=C1C(CCBr)=CC1(Cl)Cl. The van der Waals surface area contributed by atoms with E-state index in [4.69, 9.17) is 23.2 Å². The number of ketones is 1. The average molecular weight is 244 g/mol. The standard InChI is InChI=1S/C6H5BrCl2O/c7-2-1-4-3-6(8,9)5(4)10/h3H,1-2H2. The van der Waals surface area contributed by atoms with Crippen molar-refractivity contribution in [3.8, 4) is 0 Å². The van der Waals surface area contributed by atoms with Crippen LogP contribution in [0.25, 0.3) is 0 Å². The molecule has 0 bridgehead atoms. The fourth-order valence-electron chi connectivity index (χ4n) is 0.774. The maximum absolute atomic E-state index is 10.9. The molecule has 0 fully saturated rings. The van der Waals surface area contributed by atoms with Gasteiger partial charge >= 0.3 is 0 Å². The lowest BCUT2D eigenvalue weighted by Gasteiger charge is -2.25. The molecule has 0 aliphatic heterocycles. The molecule has 1 aliphatic carbocycles. The highest BCUT2D eigenvalue weighted by Crippen LogP contribution is 2.38. The monoisotopic (exact) mass is 242 g/mol. The molecular formula is C6H5BrCl2O. The molecule has 0 aromatic carbocycles. The van der Waals surface area contributed by atoms with Gasteiger partial charge in [-0.2, -0.15) is 0 Å². The van der Waals surface area contributed by atoms with Gasteiger partial charge in [0.1, 0.15) is 0 Å². The summed E-state index contributed by atoms with van der Waals surface area (Å²) in [4.78, 5) is 10.9. The van der Waals surface area contributed by atoms with E-state index < -0.39 is 4.33 Å². The van der Waals surface area contributed by atoms with Gasteiger partial charge in [-0.05, 0) is 18.1 Å². The minimum absolute atomic E-state index is 0.157. The lowest BCUT2D eigenvalue weighted by Crippen LogP contribution is -2.35. The number of halogens is 3. The lowest BCUT2D eigenvalue weighted by atomic mass is 9.94. The van der Waals surface area contributed by atoms with E-state index in [-0.39, 0.29) is 5.78 Å². The van der Waals surface area contributed by atoms with E-state index in [1.54, 1.807) is 6.08 Å². The number of hydrogen-bond acceptors (Lipinski definition) is 1. The van der Waals surface area contributed by atoms with Crippen LogP contribution >= 0.6 is 39.1 Å². The van der Waals surface area contributed by atoms with Crippen LogP contribution in [0.1, 0.15) is 6.42 Å². The molecular weight excluding hydrogens is 239 g/mol. The largest absolute Gasteiger partial charge is 0.291 e. The van der Waals surface area contributed by atoms with Gasteiger partial charge in [0.25, 0.3) is 0 Å². The van der Waals surface area contributed by atoms with Crippen LogP contribution < -0.4 is 0 Å². The first kappa shape index (κ1) is 8.57. The second kappa shape index (κ2) is 2.84. The van der Waals surface area contributed by atoms with Crippen molar-refractivity contribution in [3.05, 3.63) is 11.6 Å². The van der Waals surface area contributed by atoms with Crippen molar-refractivity contribution < 1.29 is 4.79 Å². The van der Waals surface area contributed by atoms with Crippen LogP contribution in [0.2, 0.25) is 0 Å². The van der Waals surface area contributed by atoms with Gasteiger partial charge in [-0.15, -0.1) is 0 Å².